The van der Waals surface area contributed by atoms with Gasteiger partial charge in [0.2, 0.25) is 5.89 Å². The molecule has 5 nitrogen and oxygen atoms in total. The number of ether oxygens (including phenoxy) is 1. The third kappa shape index (κ3) is 3.65. The van der Waals surface area contributed by atoms with Crippen LogP contribution in [0.3, 0.4) is 0 Å². The van der Waals surface area contributed by atoms with Crippen LogP contribution in [0.15, 0.2) is 46.2 Å². The Kier molecular flexibility index (Phi) is 4.96. The summed E-state index contributed by atoms with van der Waals surface area (Å²) in [5, 5.41) is 4.89. The number of benzene rings is 1. The fourth-order valence-electron chi connectivity index (χ4n) is 2.30. The molecule has 1 amide bonds. The van der Waals surface area contributed by atoms with Crippen molar-refractivity contribution in [3.8, 4) is 16.5 Å². The number of hydrogen-bond donors (Lipinski definition) is 1. The quantitative estimate of drug-likeness (QED) is 0.742. The summed E-state index contributed by atoms with van der Waals surface area (Å²) in [5.41, 5.74) is 1.47. The van der Waals surface area contributed by atoms with Crippen molar-refractivity contribution < 1.29 is 13.9 Å². The lowest BCUT2D eigenvalue weighted by atomic mass is 10.2. The highest BCUT2D eigenvalue weighted by Crippen LogP contribution is 2.25. The average molecular weight is 342 g/mol. The summed E-state index contributed by atoms with van der Waals surface area (Å²) in [6.45, 7) is 2.40. The average Bonchev–Trinajstić information content (AvgIpc) is 3.25. The molecule has 6 heteroatoms. The van der Waals surface area contributed by atoms with E-state index in [1.54, 1.807) is 42.7 Å². The molecule has 0 aliphatic carbocycles. The van der Waals surface area contributed by atoms with Crippen LogP contribution in [0, 0.1) is 6.92 Å². The molecule has 0 spiro atoms. The van der Waals surface area contributed by atoms with Gasteiger partial charge in [-0.1, -0.05) is 6.07 Å². The lowest BCUT2D eigenvalue weighted by Gasteiger charge is -2.05. The summed E-state index contributed by atoms with van der Waals surface area (Å²) in [7, 11) is 1.60. The van der Waals surface area contributed by atoms with E-state index in [1.165, 1.54) is 0 Å². The number of hydrogen-bond acceptors (Lipinski definition) is 5. The zero-order chi connectivity index (χ0) is 16.9. The van der Waals surface area contributed by atoms with Gasteiger partial charge in [-0.25, -0.2) is 4.98 Å². The van der Waals surface area contributed by atoms with Crippen LogP contribution in [0.4, 0.5) is 0 Å². The standard InChI is InChI=1S/C18H18N2O3S/c1-12-15(20-18(23-12)16-4-3-11-24-16)9-10-19-17(21)13-5-7-14(22-2)8-6-13/h3-8,11H,9-10H2,1-2H3,(H,19,21). The van der Waals surface area contributed by atoms with Gasteiger partial charge in [-0.2, -0.15) is 0 Å². The van der Waals surface area contributed by atoms with Crippen molar-refractivity contribution in [2.24, 2.45) is 0 Å². The Labute approximate surface area is 144 Å². The first-order valence-electron chi connectivity index (χ1n) is 7.60. The summed E-state index contributed by atoms with van der Waals surface area (Å²) in [6, 6.07) is 11.0. The third-order valence-electron chi connectivity index (χ3n) is 3.62. The van der Waals surface area contributed by atoms with E-state index in [2.05, 4.69) is 10.3 Å². The number of amides is 1. The molecule has 0 radical (unpaired) electrons. The number of aryl methyl sites for hydroxylation is 1. The molecule has 0 aliphatic rings. The third-order valence-corrected chi connectivity index (χ3v) is 4.48. The van der Waals surface area contributed by atoms with Crippen LogP contribution >= 0.6 is 11.3 Å². The molecule has 0 fully saturated rings. The van der Waals surface area contributed by atoms with Gasteiger partial charge in [0.25, 0.3) is 5.91 Å². The van der Waals surface area contributed by atoms with Crippen molar-refractivity contribution >= 4 is 17.2 Å². The predicted molar refractivity (Wildman–Crippen MR) is 93.6 cm³/mol. The van der Waals surface area contributed by atoms with Gasteiger partial charge in [0.15, 0.2) is 0 Å². The van der Waals surface area contributed by atoms with Crippen LogP contribution in [-0.2, 0) is 6.42 Å². The molecule has 0 atom stereocenters. The summed E-state index contributed by atoms with van der Waals surface area (Å²) in [4.78, 5) is 17.6. The molecule has 3 rings (SSSR count). The highest BCUT2D eigenvalue weighted by Gasteiger charge is 2.12. The first kappa shape index (κ1) is 16.3. The molecule has 124 valence electrons. The maximum absolute atomic E-state index is 12.1. The second kappa shape index (κ2) is 7.31. The zero-order valence-electron chi connectivity index (χ0n) is 13.5. The van der Waals surface area contributed by atoms with Gasteiger partial charge in [0.05, 0.1) is 17.7 Å². The number of carbonyl (C=O) groups is 1. The van der Waals surface area contributed by atoms with E-state index >= 15 is 0 Å². The second-order valence-electron chi connectivity index (χ2n) is 5.23. The van der Waals surface area contributed by atoms with Gasteiger partial charge in [-0.15, -0.1) is 11.3 Å². The van der Waals surface area contributed by atoms with E-state index in [0.29, 0.717) is 24.4 Å². The van der Waals surface area contributed by atoms with E-state index in [4.69, 9.17) is 9.15 Å². The number of methoxy groups -OCH3 is 1. The fraction of sp³-hybridized carbons (Fsp3) is 0.222. The number of carbonyl (C=O) groups excluding carboxylic acids is 1. The van der Waals surface area contributed by atoms with E-state index in [9.17, 15) is 4.79 Å². The van der Waals surface area contributed by atoms with E-state index in [1.807, 2.05) is 24.4 Å². The molecule has 2 aromatic heterocycles. The smallest absolute Gasteiger partial charge is 0.251 e. The maximum Gasteiger partial charge on any atom is 0.251 e. The Hall–Kier alpha value is -2.60. The van der Waals surface area contributed by atoms with Crippen LogP contribution in [0.1, 0.15) is 21.8 Å². The zero-order valence-corrected chi connectivity index (χ0v) is 14.4. The molecule has 24 heavy (non-hydrogen) atoms. The molecule has 0 unspecified atom stereocenters. The van der Waals surface area contributed by atoms with Crippen molar-refractivity contribution in [1.29, 1.82) is 0 Å². The number of aromatic nitrogens is 1. The molecular formula is C18H18N2O3S. The number of rotatable bonds is 6. The highest BCUT2D eigenvalue weighted by molar-refractivity contribution is 7.13. The Balaban J connectivity index is 1.57. The molecule has 0 bridgehead atoms. The molecule has 0 saturated heterocycles. The Bertz CT molecular complexity index is 807. The maximum atomic E-state index is 12.1. The molecule has 0 aliphatic heterocycles. The Morgan fingerprint density at radius 3 is 2.75 bits per heavy atom. The van der Waals surface area contributed by atoms with Gasteiger partial charge in [-0.05, 0) is 42.6 Å². The normalized spacial score (nSPS) is 10.6. The first-order chi connectivity index (χ1) is 11.7. The first-order valence-corrected chi connectivity index (χ1v) is 8.48. The lowest BCUT2D eigenvalue weighted by Crippen LogP contribution is -2.25. The molecule has 3 aromatic rings. The number of thiophene rings is 1. The van der Waals surface area contributed by atoms with Crippen LogP contribution in [-0.4, -0.2) is 24.5 Å². The Morgan fingerprint density at radius 1 is 1.29 bits per heavy atom. The lowest BCUT2D eigenvalue weighted by molar-refractivity contribution is 0.0954. The van der Waals surface area contributed by atoms with Crippen LogP contribution in [0.5, 0.6) is 5.75 Å². The van der Waals surface area contributed by atoms with Crippen molar-refractivity contribution in [3.63, 3.8) is 0 Å². The largest absolute Gasteiger partial charge is 0.497 e. The molecule has 2 heterocycles. The van der Waals surface area contributed by atoms with E-state index in [-0.39, 0.29) is 5.91 Å². The monoisotopic (exact) mass is 342 g/mol. The molecule has 1 aromatic carbocycles. The SMILES string of the molecule is COc1ccc(C(=O)NCCc2nc(-c3cccs3)oc2C)cc1. The van der Waals surface area contributed by atoms with Crippen molar-refractivity contribution in [2.45, 2.75) is 13.3 Å². The van der Waals surface area contributed by atoms with Gasteiger partial charge in [0, 0.05) is 18.5 Å². The second-order valence-corrected chi connectivity index (χ2v) is 6.18. The van der Waals surface area contributed by atoms with Gasteiger partial charge in [0.1, 0.15) is 11.5 Å². The minimum atomic E-state index is -0.114. The highest BCUT2D eigenvalue weighted by atomic mass is 32.1. The summed E-state index contributed by atoms with van der Waals surface area (Å²) >= 11 is 1.59. The number of nitrogens with zero attached hydrogens (tertiary/aromatic N) is 1. The minimum Gasteiger partial charge on any atom is -0.497 e. The van der Waals surface area contributed by atoms with Crippen molar-refractivity contribution in [2.75, 3.05) is 13.7 Å². The number of nitrogens with one attached hydrogen (secondary N) is 1. The van der Waals surface area contributed by atoms with Crippen molar-refractivity contribution in [3.05, 3.63) is 58.8 Å². The summed E-state index contributed by atoms with van der Waals surface area (Å²) in [6.07, 6.45) is 0.628. The molecular weight excluding hydrogens is 324 g/mol. The molecule has 0 saturated carbocycles. The number of oxazole rings is 1. The van der Waals surface area contributed by atoms with Crippen LogP contribution < -0.4 is 10.1 Å². The topological polar surface area (TPSA) is 64.4 Å². The minimum absolute atomic E-state index is 0.114. The predicted octanol–water partition coefficient (Wildman–Crippen LogP) is 3.69. The van der Waals surface area contributed by atoms with Gasteiger partial charge in [-0.3, -0.25) is 4.79 Å². The summed E-state index contributed by atoms with van der Waals surface area (Å²) < 4.78 is 10.8. The van der Waals surface area contributed by atoms with Crippen LogP contribution in [0.25, 0.3) is 10.8 Å². The van der Waals surface area contributed by atoms with Gasteiger partial charge < -0.3 is 14.5 Å². The van der Waals surface area contributed by atoms with E-state index in [0.717, 1.165) is 22.1 Å². The molecule has 1 N–H and O–H groups in total. The summed E-state index contributed by atoms with van der Waals surface area (Å²) in [5.74, 6) is 2.04. The van der Waals surface area contributed by atoms with Gasteiger partial charge >= 0.3 is 0 Å². The van der Waals surface area contributed by atoms with Crippen molar-refractivity contribution in [1.82, 2.24) is 10.3 Å². The fourth-order valence-corrected chi connectivity index (χ4v) is 2.95. The van der Waals surface area contributed by atoms with E-state index < -0.39 is 0 Å². The van der Waals surface area contributed by atoms with Crippen LogP contribution in [0.2, 0.25) is 0 Å². The Morgan fingerprint density at radius 2 is 2.08 bits per heavy atom.